The first-order valence-corrected chi connectivity index (χ1v) is 6.88. The number of anilines is 1. The van der Waals surface area contributed by atoms with Gasteiger partial charge in [-0.25, -0.2) is 0 Å². The van der Waals surface area contributed by atoms with Crippen molar-refractivity contribution in [2.75, 3.05) is 31.7 Å². The van der Waals surface area contributed by atoms with E-state index in [0.29, 0.717) is 5.56 Å². The summed E-state index contributed by atoms with van der Waals surface area (Å²) in [4.78, 5) is 0. The van der Waals surface area contributed by atoms with Crippen LogP contribution in [0.25, 0.3) is 0 Å². The summed E-state index contributed by atoms with van der Waals surface area (Å²) in [5.74, 6) is 0. The summed E-state index contributed by atoms with van der Waals surface area (Å²) in [5, 5.41) is 13.1. The molecule has 2 heterocycles. The molecule has 5 nitrogen and oxygen atoms in total. The van der Waals surface area contributed by atoms with Crippen LogP contribution in [0, 0.1) is 18.3 Å². The standard InChI is InChI=1S/C12H17N3O2S/c1-9-11(7-13)12(18-15-9)14-4-2-5-17-10-3-6-16-8-10/h10,14H,2-6,8H2,1H3/t10-/m1/s1. The molecule has 0 unspecified atom stereocenters. The molecule has 1 N–H and O–H groups in total. The van der Waals surface area contributed by atoms with Gasteiger partial charge < -0.3 is 14.8 Å². The van der Waals surface area contributed by atoms with E-state index in [4.69, 9.17) is 14.7 Å². The van der Waals surface area contributed by atoms with Crippen molar-refractivity contribution >= 4 is 16.5 Å². The second-order valence-corrected chi connectivity index (χ2v) is 4.99. The van der Waals surface area contributed by atoms with Crippen LogP contribution in [0.2, 0.25) is 0 Å². The second kappa shape index (κ2) is 6.69. The van der Waals surface area contributed by atoms with E-state index in [1.807, 2.05) is 6.92 Å². The zero-order valence-electron chi connectivity index (χ0n) is 10.4. The molecule has 0 saturated carbocycles. The summed E-state index contributed by atoms with van der Waals surface area (Å²) in [6.07, 6.45) is 2.18. The molecule has 6 heteroatoms. The molecule has 0 radical (unpaired) electrons. The fraction of sp³-hybridized carbons (Fsp3) is 0.667. The Morgan fingerprint density at radius 3 is 3.28 bits per heavy atom. The molecule has 2 rings (SSSR count). The van der Waals surface area contributed by atoms with Gasteiger partial charge in [0, 0.05) is 19.8 Å². The van der Waals surface area contributed by atoms with Crippen molar-refractivity contribution in [1.29, 1.82) is 5.26 Å². The highest BCUT2D eigenvalue weighted by atomic mass is 32.1. The number of hydrogen-bond acceptors (Lipinski definition) is 6. The summed E-state index contributed by atoms with van der Waals surface area (Å²) >= 11 is 1.34. The Labute approximate surface area is 111 Å². The van der Waals surface area contributed by atoms with E-state index >= 15 is 0 Å². The minimum absolute atomic E-state index is 0.269. The molecule has 1 aromatic heterocycles. The summed E-state index contributed by atoms with van der Waals surface area (Å²) in [5.41, 5.74) is 1.45. The predicted octanol–water partition coefficient (Wildman–Crippen LogP) is 1.93. The highest BCUT2D eigenvalue weighted by Gasteiger charge is 2.15. The average molecular weight is 267 g/mol. The van der Waals surface area contributed by atoms with Gasteiger partial charge in [-0.05, 0) is 31.3 Å². The van der Waals surface area contributed by atoms with Gasteiger partial charge in [0.1, 0.15) is 16.6 Å². The summed E-state index contributed by atoms with van der Waals surface area (Å²) in [7, 11) is 0. The maximum Gasteiger partial charge on any atom is 0.127 e. The summed E-state index contributed by atoms with van der Waals surface area (Å²) in [6.45, 7) is 4.91. The van der Waals surface area contributed by atoms with Crippen LogP contribution in [-0.2, 0) is 9.47 Å². The monoisotopic (exact) mass is 267 g/mol. The van der Waals surface area contributed by atoms with Crippen molar-refractivity contribution < 1.29 is 9.47 Å². The van der Waals surface area contributed by atoms with Gasteiger partial charge in [-0.2, -0.15) is 9.64 Å². The number of aromatic nitrogens is 1. The Morgan fingerprint density at radius 1 is 1.67 bits per heavy atom. The first-order chi connectivity index (χ1) is 8.81. The molecule has 1 atom stereocenters. The number of rotatable bonds is 6. The van der Waals surface area contributed by atoms with Crippen molar-refractivity contribution in [3.05, 3.63) is 11.3 Å². The SMILES string of the molecule is Cc1nsc(NCCCO[C@@H]2CCOC2)c1C#N. The van der Waals surface area contributed by atoms with E-state index in [-0.39, 0.29) is 6.10 Å². The smallest absolute Gasteiger partial charge is 0.127 e. The van der Waals surface area contributed by atoms with Gasteiger partial charge in [-0.1, -0.05) is 0 Å². The first-order valence-electron chi connectivity index (χ1n) is 6.11. The highest BCUT2D eigenvalue weighted by Crippen LogP contribution is 2.23. The van der Waals surface area contributed by atoms with Crippen LogP contribution >= 0.6 is 11.5 Å². The van der Waals surface area contributed by atoms with E-state index in [2.05, 4.69) is 15.8 Å². The first kappa shape index (κ1) is 13.3. The average Bonchev–Trinajstić information content (AvgIpc) is 2.99. The van der Waals surface area contributed by atoms with E-state index in [9.17, 15) is 0 Å². The summed E-state index contributed by atoms with van der Waals surface area (Å²) < 4.78 is 15.1. The van der Waals surface area contributed by atoms with Crippen LogP contribution in [0.15, 0.2) is 0 Å². The number of aryl methyl sites for hydroxylation is 1. The quantitative estimate of drug-likeness (QED) is 0.798. The van der Waals surface area contributed by atoms with Crippen molar-refractivity contribution in [3.8, 4) is 6.07 Å². The third-order valence-electron chi connectivity index (χ3n) is 2.82. The molecule has 18 heavy (non-hydrogen) atoms. The largest absolute Gasteiger partial charge is 0.379 e. The van der Waals surface area contributed by atoms with Gasteiger partial charge in [-0.3, -0.25) is 0 Å². The van der Waals surface area contributed by atoms with Crippen molar-refractivity contribution in [3.63, 3.8) is 0 Å². The van der Waals surface area contributed by atoms with E-state index < -0.39 is 0 Å². The lowest BCUT2D eigenvalue weighted by Gasteiger charge is -2.09. The second-order valence-electron chi connectivity index (χ2n) is 4.22. The molecule has 1 fully saturated rings. The van der Waals surface area contributed by atoms with Crippen LogP contribution in [0.5, 0.6) is 0 Å². The molecule has 98 valence electrons. The number of nitrogens with zero attached hydrogens (tertiary/aromatic N) is 2. The van der Waals surface area contributed by atoms with Gasteiger partial charge in [-0.15, -0.1) is 0 Å². The minimum Gasteiger partial charge on any atom is -0.379 e. The third-order valence-corrected chi connectivity index (χ3v) is 3.72. The van der Waals surface area contributed by atoms with Crippen molar-refractivity contribution in [1.82, 2.24) is 4.37 Å². The van der Waals surface area contributed by atoms with Gasteiger partial charge in [0.05, 0.1) is 18.4 Å². The Morgan fingerprint density at radius 2 is 2.56 bits per heavy atom. The molecule has 1 saturated heterocycles. The molecule has 1 aromatic rings. The molecular weight excluding hydrogens is 250 g/mol. The molecule has 0 aliphatic carbocycles. The van der Waals surface area contributed by atoms with Crippen LogP contribution in [0.4, 0.5) is 5.00 Å². The van der Waals surface area contributed by atoms with Gasteiger partial charge in [0.15, 0.2) is 0 Å². The fourth-order valence-corrected chi connectivity index (χ4v) is 2.56. The van der Waals surface area contributed by atoms with Crippen LogP contribution < -0.4 is 5.32 Å². The number of nitriles is 1. The normalized spacial score (nSPS) is 18.8. The minimum atomic E-state index is 0.269. The van der Waals surface area contributed by atoms with Crippen LogP contribution in [0.1, 0.15) is 24.1 Å². The maximum atomic E-state index is 8.97. The highest BCUT2D eigenvalue weighted by molar-refractivity contribution is 7.10. The number of ether oxygens (including phenoxy) is 2. The molecule has 1 aliphatic heterocycles. The predicted molar refractivity (Wildman–Crippen MR) is 69.8 cm³/mol. The van der Waals surface area contributed by atoms with Gasteiger partial charge >= 0.3 is 0 Å². The van der Waals surface area contributed by atoms with E-state index in [1.54, 1.807) is 0 Å². The maximum absolute atomic E-state index is 8.97. The summed E-state index contributed by atoms with van der Waals surface area (Å²) in [6, 6.07) is 2.17. The lowest BCUT2D eigenvalue weighted by molar-refractivity contribution is 0.0427. The van der Waals surface area contributed by atoms with Gasteiger partial charge in [0.25, 0.3) is 0 Å². The van der Waals surface area contributed by atoms with Crippen LogP contribution in [0.3, 0.4) is 0 Å². The number of hydrogen-bond donors (Lipinski definition) is 1. The van der Waals surface area contributed by atoms with E-state index in [1.165, 1.54) is 11.5 Å². The number of nitrogens with one attached hydrogen (secondary N) is 1. The van der Waals surface area contributed by atoms with Crippen molar-refractivity contribution in [2.45, 2.75) is 25.9 Å². The third kappa shape index (κ3) is 3.42. The Kier molecular flexibility index (Phi) is 4.93. The van der Waals surface area contributed by atoms with Crippen LogP contribution in [-0.4, -0.2) is 36.8 Å². The fourth-order valence-electron chi connectivity index (χ4n) is 1.79. The van der Waals surface area contributed by atoms with Crippen molar-refractivity contribution in [2.24, 2.45) is 0 Å². The molecule has 0 aromatic carbocycles. The molecule has 0 amide bonds. The molecular formula is C12H17N3O2S. The molecule has 0 spiro atoms. The lowest BCUT2D eigenvalue weighted by atomic mass is 10.3. The molecule has 0 bridgehead atoms. The van der Waals surface area contributed by atoms with Gasteiger partial charge in [0.2, 0.25) is 0 Å². The molecule has 1 aliphatic rings. The van der Waals surface area contributed by atoms with E-state index in [0.717, 1.165) is 49.9 Å². The lowest BCUT2D eigenvalue weighted by Crippen LogP contribution is -2.15. The Balaban J connectivity index is 1.64. The zero-order chi connectivity index (χ0) is 12.8. The Hall–Kier alpha value is -1.16. The zero-order valence-corrected chi connectivity index (χ0v) is 11.3. The topological polar surface area (TPSA) is 67.2 Å². The Bertz CT molecular complexity index is 421.